The van der Waals surface area contributed by atoms with E-state index >= 15 is 0 Å². The number of benzene rings is 2. The Kier molecular flexibility index (Phi) is 5.68. The molecule has 0 radical (unpaired) electrons. The van der Waals surface area contributed by atoms with Crippen molar-refractivity contribution in [1.82, 2.24) is 26.0 Å². The van der Waals surface area contributed by atoms with Crippen LogP contribution in [0.2, 0.25) is 0 Å². The van der Waals surface area contributed by atoms with Crippen molar-refractivity contribution in [2.75, 3.05) is 31.6 Å². The van der Waals surface area contributed by atoms with Gasteiger partial charge >= 0.3 is 17.8 Å². The van der Waals surface area contributed by atoms with Crippen LogP contribution in [0.1, 0.15) is 11.1 Å². The highest BCUT2D eigenvalue weighted by Gasteiger charge is 2.65. The monoisotopic (exact) mass is 556 g/mol. The Morgan fingerprint density at radius 2 is 1.73 bits per heavy atom. The number of amides is 4. The molecule has 0 saturated carbocycles. The van der Waals surface area contributed by atoms with Crippen LogP contribution in [0, 0.1) is 0 Å². The van der Waals surface area contributed by atoms with E-state index in [0.29, 0.717) is 22.2 Å². The molecule has 0 bridgehead atoms. The van der Waals surface area contributed by atoms with Gasteiger partial charge in [-0.25, -0.2) is 20.4 Å². The summed E-state index contributed by atoms with van der Waals surface area (Å²) < 4.78 is 45.5. The van der Waals surface area contributed by atoms with E-state index in [2.05, 4.69) is 16.2 Å². The van der Waals surface area contributed by atoms with Crippen LogP contribution >= 0.6 is 0 Å². The van der Waals surface area contributed by atoms with Gasteiger partial charge in [-0.15, -0.1) is 0 Å². The molecule has 0 unspecified atom stereocenters. The maximum absolute atomic E-state index is 14.0. The van der Waals surface area contributed by atoms with E-state index in [0.717, 1.165) is 0 Å². The van der Waals surface area contributed by atoms with Crippen LogP contribution in [-0.4, -0.2) is 66.0 Å². The number of hydrogen-bond donors (Lipinski definition) is 3. The molecule has 0 atom stereocenters. The predicted octanol–water partition coefficient (Wildman–Crippen LogP) is 1.39. The van der Waals surface area contributed by atoms with Crippen LogP contribution in [0.15, 0.2) is 63.8 Å². The van der Waals surface area contributed by atoms with Crippen LogP contribution in [0.25, 0.3) is 11.0 Å². The largest absolute Gasteiger partial charge is 0.426 e. The van der Waals surface area contributed by atoms with Crippen molar-refractivity contribution < 1.29 is 32.0 Å². The molecule has 3 aliphatic heterocycles. The van der Waals surface area contributed by atoms with Gasteiger partial charge < -0.3 is 24.4 Å². The van der Waals surface area contributed by atoms with Crippen molar-refractivity contribution in [3.8, 4) is 0 Å². The van der Waals surface area contributed by atoms with Crippen LogP contribution in [0.5, 0.6) is 0 Å². The Balaban J connectivity index is 1.30. The summed E-state index contributed by atoms with van der Waals surface area (Å²) in [6.45, 7) is -0.437. The van der Waals surface area contributed by atoms with E-state index in [4.69, 9.17) is 4.42 Å². The first-order valence-electron chi connectivity index (χ1n) is 12.3. The van der Waals surface area contributed by atoms with Gasteiger partial charge in [0.25, 0.3) is 5.91 Å². The summed E-state index contributed by atoms with van der Waals surface area (Å²) in [5.41, 5.74) is 1.33. The summed E-state index contributed by atoms with van der Waals surface area (Å²) >= 11 is 0. The Morgan fingerprint density at radius 3 is 2.35 bits per heavy atom. The maximum atomic E-state index is 14.0. The molecule has 3 aliphatic rings. The zero-order valence-electron chi connectivity index (χ0n) is 21.0. The van der Waals surface area contributed by atoms with E-state index in [1.165, 1.54) is 52.1 Å². The summed E-state index contributed by atoms with van der Waals surface area (Å²) in [6, 6.07) is 12.7. The average molecular weight is 557 g/mol. The van der Waals surface area contributed by atoms with E-state index in [1.807, 2.05) is 0 Å². The smallest absolute Gasteiger partial charge is 0.423 e. The minimum Gasteiger partial charge on any atom is -0.423 e. The van der Waals surface area contributed by atoms with Crippen LogP contribution in [-0.2, 0) is 21.8 Å². The molecule has 40 heavy (non-hydrogen) atoms. The van der Waals surface area contributed by atoms with Gasteiger partial charge in [-0.1, -0.05) is 24.3 Å². The van der Waals surface area contributed by atoms with Gasteiger partial charge in [-0.2, -0.15) is 13.2 Å². The number of hydrogen-bond acceptors (Lipinski definition) is 7. The lowest BCUT2D eigenvalue weighted by Crippen LogP contribution is -2.81. The number of nitrogens with zero attached hydrogens (tertiary/aromatic N) is 3. The van der Waals surface area contributed by atoms with Crippen LogP contribution in [0.4, 0.5) is 23.7 Å². The molecule has 3 saturated heterocycles. The molecule has 3 fully saturated rings. The number of anilines is 1. The summed E-state index contributed by atoms with van der Waals surface area (Å²) in [7, 11) is 1.46. The first-order valence-corrected chi connectivity index (χ1v) is 12.3. The molecular weight excluding hydrogens is 533 g/mol. The first-order chi connectivity index (χ1) is 19.0. The summed E-state index contributed by atoms with van der Waals surface area (Å²) in [6.07, 6.45) is -4.55. The lowest BCUT2D eigenvalue weighted by atomic mass is 9.83. The SMILES string of the molecule is CNC(=O)N1CC2(C1)C(=O)N(c1ccc3oc(=O)ccc3c1)CC(=O)N2Cc1ccc(C2(C(F)(F)F)NN2)cc1. The number of piperazine rings is 1. The maximum Gasteiger partial charge on any atom is 0.426 e. The third-order valence-corrected chi connectivity index (χ3v) is 7.60. The van der Waals surface area contributed by atoms with Gasteiger partial charge in [-0.3, -0.25) is 9.59 Å². The minimum absolute atomic E-state index is 0.0349. The molecule has 4 heterocycles. The first kappa shape index (κ1) is 25.8. The van der Waals surface area contributed by atoms with Gasteiger partial charge in [0.05, 0.1) is 13.1 Å². The second-order valence-electron chi connectivity index (χ2n) is 9.99. The molecule has 3 aromatic rings. The molecule has 3 N–H and O–H groups in total. The van der Waals surface area contributed by atoms with Crippen LogP contribution in [0.3, 0.4) is 0 Å². The number of likely N-dealkylation sites (tertiary alicyclic amines) is 1. The molecule has 4 amide bonds. The fraction of sp³-hybridized carbons (Fsp3) is 0.308. The molecule has 6 rings (SSSR count). The third-order valence-electron chi connectivity index (χ3n) is 7.60. The van der Waals surface area contributed by atoms with E-state index in [-0.39, 0.29) is 31.7 Å². The molecule has 1 spiro atoms. The fourth-order valence-electron chi connectivity index (χ4n) is 5.32. The number of hydrazine groups is 1. The number of alkyl halides is 3. The highest BCUT2D eigenvalue weighted by Crippen LogP contribution is 2.42. The molecule has 2 aromatic carbocycles. The van der Waals surface area contributed by atoms with Crippen LogP contribution < -0.4 is 26.7 Å². The Labute approximate surface area is 224 Å². The number of urea groups is 1. The van der Waals surface area contributed by atoms with Crippen molar-refractivity contribution >= 4 is 34.5 Å². The minimum atomic E-state index is -4.55. The second-order valence-corrected chi connectivity index (χ2v) is 9.99. The van der Waals surface area contributed by atoms with E-state index in [1.54, 1.807) is 24.3 Å². The lowest BCUT2D eigenvalue weighted by Gasteiger charge is -2.57. The van der Waals surface area contributed by atoms with Gasteiger partial charge in [0.1, 0.15) is 12.1 Å². The molecular formula is C26H23F3N6O5. The van der Waals surface area contributed by atoms with Gasteiger partial charge in [-0.05, 0) is 35.4 Å². The third kappa shape index (κ3) is 3.90. The summed E-state index contributed by atoms with van der Waals surface area (Å²) in [5, 5.41) is 3.07. The molecule has 0 aliphatic carbocycles. The molecule has 1 aromatic heterocycles. The highest BCUT2D eigenvalue weighted by molar-refractivity contribution is 6.11. The fourth-order valence-corrected chi connectivity index (χ4v) is 5.32. The number of nitrogens with one attached hydrogen (secondary N) is 3. The van der Waals surface area contributed by atoms with Crippen molar-refractivity contribution in [2.24, 2.45) is 0 Å². The van der Waals surface area contributed by atoms with Gasteiger partial charge in [0.2, 0.25) is 11.6 Å². The highest BCUT2D eigenvalue weighted by atomic mass is 19.4. The Hall–Kier alpha value is -4.43. The zero-order chi connectivity index (χ0) is 28.4. The number of carbonyl (C=O) groups excluding carboxylic acids is 3. The van der Waals surface area contributed by atoms with Crippen molar-refractivity contribution in [3.05, 3.63) is 76.1 Å². The number of rotatable bonds is 4. The average Bonchev–Trinajstić information content (AvgIpc) is 3.72. The molecule has 208 valence electrons. The summed E-state index contributed by atoms with van der Waals surface area (Å²) in [4.78, 5) is 55.5. The van der Waals surface area contributed by atoms with E-state index in [9.17, 15) is 32.3 Å². The zero-order valence-corrected chi connectivity index (χ0v) is 21.0. The van der Waals surface area contributed by atoms with Crippen molar-refractivity contribution in [1.29, 1.82) is 0 Å². The van der Waals surface area contributed by atoms with E-state index < -0.39 is 40.8 Å². The van der Waals surface area contributed by atoms with Crippen molar-refractivity contribution in [2.45, 2.75) is 23.9 Å². The number of halogens is 3. The second kappa shape index (κ2) is 8.79. The topological polar surface area (TPSA) is 147 Å². The predicted molar refractivity (Wildman–Crippen MR) is 135 cm³/mol. The molecule has 11 nitrogen and oxygen atoms in total. The quantitative estimate of drug-likeness (QED) is 0.325. The normalized spacial score (nSPS) is 19.6. The Morgan fingerprint density at radius 1 is 1.02 bits per heavy atom. The van der Waals surface area contributed by atoms with Gasteiger partial charge in [0, 0.05) is 30.7 Å². The summed E-state index contributed by atoms with van der Waals surface area (Å²) in [5.74, 6) is -0.791. The standard InChI is InChI=1S/C26H23F3N6O5/c1-30-23(39)33-13-24(14-33)22(38)34(18-7-8-19-16(10-18)4-9-21(37)40-19)12-20(36)35(24)11-15-2-5-17(6-3-15)25(31-32-25)26(27,28)29/h2-10,31-32H,11-14H2,1H3,(H,30,39). The molecule has 14 heteroatoms. The number of fused-ring (bicyclic) bond motifs is 1. The lowest BCUT2D eigenvalue weighted by molar-refractivity contribution is -0.165. The number of carbonyl (C=O) groups is 3. The van der Waals surface area contributed by atoms with Gasteiger partial charge in [0.15, 0.2) is 5.54 Å². The Bertz CT molecular complexity index is 1590. The van der Waals surface area contributed by atoms with Crippen molar-refractivity contribution in [3.63, 3.8) is 0 Å².